The number of hydrogen-bond acceptors (Lipinski definition) is 5. The van der Waals surface area contributed by atoms with Gasteiger partial charge >= 0.3 is 6.01 Å². The number of rotatable bonds is 6. The van der Waals surface area contributed by atoms with Crippen LogP contribution in [0.25, 0.3) is 0 Å². The van der Waals surface area contributed by atoms with Crippen LogP contribution in [0.5, 0.6) is 0 Å². The lowest BCUT2D eigenvalue weighted by molar-refractivity contribution is 0.274. The topological polar surface area (TPSA) is 71.2 Å². The van der Waals surface area contributed by atoms with Gasteiger partial charge in [0.1, 0.15) is 5.82 Å². The van der Waals surface area contributed by atoms with Gasteiger partial charge in [0.2, 0.25) is 5.89 Å². The number of nitrogens with zero attached hydrogens (tertiary/aromatic N) is 2. The SMILES string of the molecule is CCCc1nnc(N[C@H](CO)c2ccc(F)cc2)o1. The maximum Gasteiger partial charge on any atom is 0.316 e. The molecule has 102 valence electrons. The van der Waals surface area contributed by atoms with Crippen LogP contribution in [0, 0.1) is 5.82 Å². The monoisotopic (exact) mass is 265 g/mol. The fourth-order valence-corrected chi connectivity index (χ4v) is 1.71. The van der Waals surface area contributed by atoms with Crippen LogP contribution in [0.15, 0.2) is 28.7 Å². The normalized spacial score (nSPS) is 12.4. The van der Waals surface area contributed by atoms with E-state index in [1.54, 1.807) is 12.1 Å². The third-order valence-electron chi connectivity index (χ3n) is 2.68. The van der Waals surface area contributed by atoms with Gasteiger partial charge in [0.25, 0.3) is 0 Å². The second-order valence-corrected chi connectivity index (χ2v) is 4.18. The molecule has 0 spiro atoms. The molecule has 0 fully saturated rings. The van der Waals surface area contributed by atoms with Gasteiger partial charge in [-0.1, -0.05) is 24.2 Å². The Bertz CT molecular complexity index is 513. The third-order valence-corrected chi connectivity index (χ3v) is 2.68. The minimum atomic E-state index is -0.407. The van der Waals surface area contributed by atoms with Crippen molar-refractivity contribution < 1.29 is 13.9 Å². The lowest BCUT2D eigenvalue weighted by Crippen LogP contribution is -2.15. The molecule has 0 unspecified atom stereocenters. The van der Waals surface area contributed by atoms with Crippen LogP contribution >= 0.6 is 0 Å². The third kappa shape index (κ3) is 3.51. The summed E-state index contributed by atoms with van der Waals surface area (Å²) in [7, 11) is 0. The molecular weight excluding hydrogens is 249 g/mol. The van der Waals surface area contributed by atoms with E-state index in [9.17, 15) is 9.50 Å². The Kier molecular flexibility index (Phi) is 4.46. The molecule has 0 aliphatic rings. The van der Waals surface area contributed by atoms with Crippen molar-refractivity contribution in [3.8, 4) is 0 Å². The van der Waals surface area contributed by atoms with Crippen molar-refractivity contribution in [2.45, 2.75) is 25.8 Å². The molecule has 2 N–H and O–H groups in total. The van der Waals surface area contributed by atoms with Crippen molar-refractivity contribution in [3.05, 3.63) is 41.5 Å². The van der Waals surface area contributed by atoms with Gasteiger partial charge in [0.15, 0.2) is 0 Å². The summed E-state index contributed by atoms with van der Waals surface area (Å²) in [6, 6.07) is 5.74. The molecule has 1 atom stereocenters. The molecule has 0 aliphatic heterocycles. The van der Waals surface area contributed by atoms with Crippen LogP contribution < -0.4 is 5.32 Å². The molecule has 6 heteroatoms. The minimum absolute atomic E-state index is 0.156. The summed E-state index contributed by atoms with van der Waals surface area (Å²) in [5, 5.41) is 20.0. The Morgan fingerprint density at radius 2 is 2.05 bits per heavy atom. The van der Waals surface area contributed by atoms with Crippen molar-refractivity contribution in [2.75, 3.05) is 11.9 Å². The maximum absolute atomic E-state index is 12.8. The molecule has 2 rings (SSSR count). The van der Waals surface area contributed by atoms with E-state index in [2.05, 4.69) is 15.5 Å². The zero-order chi connectivity index (χ0) is 13.7. The highest BCUT2D eigenvalue weighted by Gasteiger charge is 2.14. The molecule has 5 nitrogen and oxygen atoms in total. The first-order chi connectivity index (χ1) is 9.22. The molecule has 0 saturated heterocycles. The van der Waals surface area contributed by atoms with E-state index in [1.165, 1.54) is 12.1 Å². The van der Waals surface area contributed by atoms with Gasteiger partial charge in [0.05, 0.1) is 12.6 Å². The van der Waals surface area contributed by atoms with E-state index >= 15 is 0 Å². The maximum atomic E-state index is 12.8. The molecule has 1 aromatic heterocycles. The smallest absolute Gasteiger partial charge is 0.316 e. The predicted molar refractivity (Wildman–Crippen MR) is 68.1 cm³/mol. The second-order valence-electron chi connectivity index (χ2n) is 4.18. The summed E-state index contributed by atoms with van der Waals surface area (Å²) in [5.74, 6) is 0.240. The van der Waals surface area contributed by atoms with Crippen molar-refractivity contribution in [3.63, 3.8) is 0 Å². The summed E-state index contributed by atoms with van der Waals surface area (Å²) in [6.45, 7) is 1.86. The van der Waals surface area contributed by atoms with Crippen LogP contribution in [-0.4, -0.2) is 21.9 Å². The molecular formula is C13H16FN3O2. The Morgan fingerprint density at radius 1 is 1.32 bits per heavy atom. The molecule has 0 aliphatic carbocycles. The van der Waals surface area contributed by atoms with Crippen molar-refractivity contribution in [1.82, 2.24) is 10.2 Å². The van der Waals surface area contributed by atoms with E-state index in [4.69, 9.17) is 4.42 Å². The fourth-order valence-electron chi connectivity index (χ4n) is 1.71. The Labute approximate surface area is 110 Å². The zero-order valence-electron chi connectivity index (χ0n) is 10.6. The van der Waals surface area contributed by atoms with E-state index in [1.807, 2.05) is 6.92 Å². The number of aromatic nitrogens is 2. The molecule has 1 heterocycles. The lowest BCUT2D eigenvalue weighted by Gasteiger charge is -2.14. The summed E-state index contributed by atoms with van der Waals surface area (Å²) in [5.41, 5.74) is 0.749. The minimum Gasteiger partial charge on any atom is -0.408 e. The fraction of sp³-hybridized carbons (Fsp3) is 0.385. The van der Waals surface area contributed by atoms with Crippen molar-refractivity contribution >= 4 is 6.01 Å². The largest absolute Gasteiger partial charge is 0.408 e. The highest BCUT2D eigenvalue weighted by molar-refractivity contribution is 5.29. The van der Waals surface area contributed by atoms with E-state index in [0.29, 0.717) is 5.89 Å². The Morgan fingerprint density at radius 3 is 2.68 bits per heavy atom. The molecule has 19 heavy (non-hydrogen) atoms. The average Bonchev–Trinajstić information content (AvgIpc) is 2.85. The van der Waals surface area contributed by atoms with Gasteiger partial charge in [-0.2, -0.15) is 0 Å². The number of aryl methyl sites for hydroxylation is 1. The first-order valence-corrected chi connectivity index (χ1v) is 6.18. The average molecular weight is 265 g/mol. The number of halogens is 1. The van der Waals surface area contributed by atoms with Crippen LogP contribution in [-0.2, 0) is 6.42 Å². The highest BCUT2D eigenvalue weighted by atomic mass is 19.1. The molecule has 0 amide bonds. The first-order valence-electron chi connectivity index (χ1n) is 6.18. The van der Waals surface area contributed by atoms with E-state index in [0.717, 1.165) is 18.4 Å². The number of aliphatic hydroxyl groups excluding tert-OH is 1. The van der Waals surface area contributed by atoms with E-state index < -0.39 is 6.04 Å². The second kappa shape index (κ2) is 6.29. The van der Waals surface area contributed by atoms with E-state index in [-0.39, 0.29) is 18.4 Å². The summed E-state index contributed by atoms with van der Waals surface area (Å²) >= 11 is 0. The molecule has 1 aromatic carbocycles. The first kappa shape index (κ1) is 13.5. The summed E-state index contributed by atoms with van der Waals surface area (Å²) in [6.07, 6.45) is 1.64. The summed E-state index contributed by atoms with van der Waals surface area (Å²) < 4.78 is 18.2. The summed E-state index contributed by atoms with van der Waals surface area (Å²) in [4.78, 5) is 0. The van der Waals surface area contributed by atoms with Crippen LogP contribution in [0.2, 0.25) is 0 Å². The molecule has 0 radical (unpaired) electrons. The number of anilines is 1. The molecule has 0 saturated carbocycles. The Hall–Kier alpha value is -1.95. The predicted octanol–water partition coefficient (Wildman–Crippen LogP) is 2.31. The van der Waals surface area contributed by atoms with Crippen LogP contribution in [0.1, 0.15) is 30.8 Å². The molecule has 2 aromatic rings. The Balaban J connectivity index is 2.07. The van der Waals surface area contributed by atoms with Gasteiger partial charge in [-0.05, 0) is 24.1 Å². The molecule has 0 bridgehead atoms. The van der Waals surface area contributed by atoms with Crippen LogP contribution in [0.4, 0.5) is 10.4 Å². The van der Waals surface area contributed by atoms with Gasteiger partial charge in [-0.25, -0.2) is 4.39 Å². The number of nitrogens with one attached hydrogen (secondary N) is 1. The van der Waals surface area contributed by atoms with Crippen molar-refractivity contribution in [2.24, 2.45) is 0 Å². The highest BCUT2D eigenvalue weighted by Crippen LogP contribution is 2.19. The van der Waals surface area contributed by atoms with Gasteiger partial charge in [0, 0.05) is 6.42 Å². The standard InChI is InChI=1S/C13H16FN3O2/c1-2-3-12-16-17-13(19-12)15-11(8-18)9-4-6-10(14)7-5-9/h4-7,11,18H,2-3,8H2,1H3,(H,15,17)/t11-/m1/s1. The van der Waals surface area contributed by atoms with Crippen LogP contribution in [0.3, 0.4) is 0 Å². The number of aliphatic hydroxyl groups is 1. The zero-order valence-corrected chi connectivity index (χ0v) is 10.6. The lowest BCUT2D eigenvalue weighted by atomic mass is 10.1. The number of benzene rings is 1. The van der Waals surface area contributed by atoms with Gasteiger partial charge in [-0.15, -0.1) is 5.10 Å². The van der Waals surface area contributed by atoms with Gasteiger partial charge in [-0.3, -0.25) is 0 Å². The quantitative estimate of drug-likeness (QED) is 0.838. The number of hydrogen-bond donors (Lipinski definition) is 2. The van der Waals surface area contributed by atoms with Crippen molar-refractivity contribution in [1.29, 1.82) is 0 Å². The van der Waals surface area contributed by atoms with Gasteiger partial charge < -0.3 is 14.8 Å².